The molecule has 0 aliphatic carbocycles. The standard InChI is InChI=1S/C10H8F4N2O/c11-5-1-2-6(7(3-5)10(12,13)14)8-4-17-9(15)16-8/h1-3,8H,4H2,(H2,15,16)/t8-/m0/s1. The third-order valence-electron chi connectivity index (χ3n) is 2.35. The van der Waals surface area contributed by atoms with E-state index in [1.165, 1.54) is 0 Å². The molecule has 1 aliphatic heterocycles. The van der Waals surface area contributed by atoms with E-state index in [9.17, 15) is 17.6 Å². The molecule has 0 amide bonds. The number of nitrogens with two attached hydrogens (primary N) is 1. The maximum absolute atomic E-state index is 12.8. The van der Waals surface area contributed by atoms with Crippen molar-refractivity contribution in [3.63, 3.8) is 0 Å². The van der Waals surface area contributed by atoms with Crippen molar-refractivity contribution in [1.29, 1.82) is 0 Å². The summed E-state index contributed by atoms with van der Waals surface area (Å²) in [4.78, 5) is 3.71. The quantitative estimate of drug-likeness (QED) is 0.775. The molecule has 0 aromatic heterocycles. The molecule has 2 rings (SSSR count). The Morgan fingerprint density at radius 3 is 2.59 bits per heavy atom. The first kappa shape index (κ1) is 11.7. The molecule has 0 fully saturated rings. The fourth-order valence-electron chi connectivity index (χ4n) is 1.62. The normalized spacial score (nSPS) is 20.0. The van der Waals surface area contributed by atoms with Gasteiger partial charge in [-0.05, 0) is 17.7 Å². The Balaban J connectivity index is 2.47. The number of rotatable bonds is 1. The van der Waals surface area contributed by atoms with Crippen molar-refractivity contribution in [3.8, 4) is 0 Å². The largest absolute Gasteiger partial charge is 0.463 e. The first-order chi connectivity index (χ1) is 7.88. The van der Waals surface area contributed by atoms with E-state index in [1.807, 2.05) is 0 Å². The number of nitrogens with zero attached hydrogens (tertiary/aromatic N) is 1. The average Bonchev–Trinajstić information content (AvgIpc) is 2.63. The van der Waals surface area contributed by atoms with E-state index >= 15 is 0 Å². The fraction of sp³-hybridized carbons (Fsp3) is 0.300. The van der Waals surface area contributed by atoms with Crippen molar-refractivity contribution in [3.05, 3.63) is 35.1 Å². The minimum atomic E-state index is -4.63. The van der Waals surface area contributed by atoms with Crippen LogP contribution in [0.3, 0.4) is 0 Å². The van der Waals surface area contributed by atoms with Gasteiger partial charge in [0.2, 0.25) is 0 Å². The number of aliphatic imine (C=N–C) groups is 1. The SMILES string of the molecule is NC1=N[C@H](c2ccc(F)cc2C(F)(F)F)CO1. The van der Waals surface area contributed by atoms with Gasteiger partial charge in [0.1, 0.15) is 18.5 Å². The zero-order valence-corrected chi connectivity index (χ0v) is 8.46. The van der Waals surface area contributed by atoms with Gasteiger partial charge in [-0.3, -0.25) is 0 Å². The van der Waals surface area contributed by atoms with Crippen LogP contribution >= 0.6 is 0 Å². The Labute approximate surface area is 93.9 Å². The molecule has 92 valence electrons. The number of amidine groups is 1. The lowest BCUT2D eigenvalue weighted by atomic mass is 10.0. The van der Waals surface area contributed by atoms with E-state index in [0.717, 1.165) is 12.1 Å². The van der Waals surface area contributed by atoms with Gasteiger partial charge < -0.3 is 10.5 Å². The smallest absolute Gasteiger partial charge is 0.416 e. The van der Waals surface area contributed by atoms with Gasteiger partial charge in [0.15, 0.2) is 0 Å². The predicted octanol–water partition coefficient (Wildman–Crippen LogP) is 2.23. The summed E-state index contributed by atoms with van der Waals surface area (Å²) in [5.41, 5.74) is 4.03. The van der Waals surface area contributed by atoms with Crippen LogP contribution in [0.4, 0.5) is 17.6 Å². The van der Waals surface area contributed by atoms with Gasteiger partial charge in [0.25, 0.3) is 6.02 Å². The Morgan fingerprint density at radius 1 is 1.35 bits per heavy atom. The molecule has 1 heterocycles. The molecule has 1 aliphatic rings. The molecule has 1 atom stereocenters. The molecular formula is C10H8F4N2O. The Bertz CT molecular complexity index is 470. The lowest BCUT2D eigenvalue weighted by Gasteiger charge is -2.14. The number of alkyl halides is 3. The van der Waals surface area contributed by atoms with Gasteiger partial charge in [0.05, 0.1) is 5.56 Å². The van der Waals surface area contributed by atoms with E-state index in [0.29, 0.717) is 6.07 Å². The molecule has 1 aromatic rings. The highest BCUT2D eigenvalue weighted by Gasteiger charge is 2.36. The van der Waals surface area contributed by atoms with Crippen LogP contribution in [-0.4, -0.2) is 12.6 Å². The molecule has 0 radical (unpaired) electrons. The molecule has 0 saturated carbocycles. The maximum Gasteiger partial charge on any atom is 0.416 e. The highest BCUT2D eigenvalue weighted by atomic mass is 19.4. The molecule has 0 unspecified atom stereocenters. The minimum absolute atomic E-state index is 0.0689. The number of halogens is 4. The first-order valence-electron chi connectivity index (χ1n) is 4.70. The summed E-state index contributed by atoms with van der Waals surface area (Å²) in [5.74, 6) is -0.947. The van der Waals surface area contributed by atoms with Crippen LogP contribution in [0, 0.1) is 5.82 Å². The summed E-state index contributed by atoms with van der Waals surface area (Å²) in [7, 11) is 0. The van der Waals surface area contributed by atoms with E-state index in [-0.39, 0.29) is 18.2 Å². The second kappa shape index (κ2) is 3.90. The van der Waals surface area contributed by atoms with Crippen molar-refractivity contribution in [1.82, 2.24) is 0 Å². The minimum Gasteiger partial charge on any atom is -0.463 e. The Kier molecular flexibility index (Phi) is 2.68. The summed E-state index contributed by atoms with van der Waals surface area (Å²) >= 11 is 0. The van der Waals surface area contributed by atoms with Crippen LogP contribution < -0.4 is 5.73 Å². The maximum atomic E-state index is 12.8. The van der Waals surface area contributed by atoms with Crippen molar-refractivity contribution in [2.45, 2.75) is 12.2 Å². The number of benzene rings is 1. The second-order valence-electron chi connectivity index (χ2n) is 3.52. The molecule has 7 heteroatoms. The summed E-state index contributed by atoms with van der Waals surface area (Å²) < 4.78 is 55.7. The molecule has 0 spiro atoms. The first-order valence-corrected chi connectivity index (χ1v) is 4.70. The molecular weight excluding hydrogens is 240 g/mol. The molecule has 2 N–H and O–H groups in total. The molecule has 3 nitrogen and oxygen atoms in total. The van der Waals surface area contributed by atoms with Crippen LogP contribution in [0.5, 0.6) is 0 Å². The van der Waals surface area contributed by atoms with Crippen LogP contribution in [0.1, 0.15) is 17.2 Å². The van der Waals surface area contributed by atoms with Crippen molar-refractivity contribution in [2.75, 3.05) is 6.61 Å². The van der Waals surface area contributed by atoms with Gasteiger partial charge in [-0.25, -0.2) is 9.38 Å². The van der Waals surface area contributed by atoms with Crippen LogP contribution in [-0.2, 0) is 10.9 Å². The van der Waals surface area contributed by atoms with Crippen molar-refractivity contribution >= 4 is 6.02 Å². The van der Waals surface area contributed by atoms with Gasteiger partial charge in [-0.15, -0.1) is 0 Å². The van der Waals surface area contributed by atoms with Crippen molar-refractivity contribution < 1.29 is 22.3 Å². The summed E-state index contributed by atoms with van der Waals surface area (Å²) in [6, 6.07) is 1.45. The van der Waals surface area contributed by atoms with Gasteiger partial charge >= 0.3 is 6.18 Å². The molecule has 17 heavy (non-hydrogen) atoms. The number of hydrogen-bond donors (Lipinski definition) is 1. The lowest BCUT2D eigenvalue weighted by molar-refractivity contribution is -0.138. The third kappa shape index (κ3) is 2.32. The summed E-state index contributed by atoms with van der Waals surface area (Å²) in [6.45, 7) is -0.0689. The number of ether oxygens (including phenoxy) is 1. The highest BCUT2D eigenvalue weighted by molar-refractivity contribution is 5.73. The summed E-state index contributed by atoms with van der Waals surface area (Å²) in [6.07, 6.45) is -4.63. The van der Waals surface area contributed by atoms with E-state index in [1.54, 1.807) is 0 Å². The topological polar surface area (TPSA) is 47.6 Å². The van der Waals surface area contributed by atoms with E-state index in [4.69, 9.17) is 10.5 Å². The predicted molar refractivity (Wildman–Crippen MR) is 51.7 cm³/mol. The summed E-state index contributed by atoms with van der Waals surface area (Å²) in [5, 5.41) is 0. The van der Waals surface area contributed by atoms with Crippen molar-refractivity contribution in [2.24, 2.45) is 10.7 Å². The van der Waals surface area contributed by atoms with Gasteiger partial charge in [0, 0.05) is 0 Å². The zero-order chi connectivity index (χ0) is 12.6. The Hall–Kier alpha value is -1.79. The van der Waals surface area contributed by atoms with Gasteiger partial charge in [-0.2, -0.15) is 13.2 Å². The Morgan fingerprint density at radius 2 is 2.06 bits per heavy atom. The van der Waals surface area contributed by atoms with Crippen LogP contribution in [0.2, 0.25) is 0 Å². The lowest BCUT2D eigenvalue weighted by Crippen LogP contribution is -2.12. The van der Waals surface area contributed by atoms with Crippen LogP contribution in [0.25, 0.3) is 0 Å². The molecule has 1 aromatic carbocycles. The highest BCUT2D eigenvalue weighted by Crippen LogP contribution is 2.37. The zero-order valence-electron chi connectivity index (χ0n) is 8.46. The molecule has 0 saturated heterocycles. The number of hydrogen-bond acceptors (Lipinski definition) is 3. The second-order valence-corrected chi connectivity index (χ2v) is 3.52. The third-order valence-corrected chi connectivity index (χ3v) is 2.35. The monoisotopic (exact) mass is 248 g/mol. The van der Waals surface area contributed by atoms with Crippen LogP contribution in [0.15, 0.2) is 23.2 Å². The van der Waals surface area contributed by atoms with Gasteiger partial charge in [-0.1, -0.05) is 6.07 Å². The van der Waals surface area contributed by atoms with E-state index < -0.39 is 23.6 Å². The molecule has 0 bridgehead atoms. The van der Waals surface area contributed by atoms with E-state index in [2.05, 4.69) is 4.99 Å². The fourth-order valence-corrected chi connectivity index (χ4v) is 1.62. The average molecular weight is 248 g/mol.